The van der Waals surface area contributed by atoms with Crippen molar-refractivity contribution in [3.8, 4) is 11.1 Å². The highest BCUT2D eigenvalue weighted by Crippen LogP contribution is 2.47. The van der Waals surface area contributed by atoms with Crippen LogP contribution in [0.15, 0.2) is 66.7 Å². The summed E-state index contributed by atoms with van der Waals surface area (Å²) in [6.45, 7) is 2.05. The van der Waals surface area contributed by atoms with Gasteiger partial charge >= 0.3 is 0 Å². The molecule has 0 aliphatic heterocycles. The Bertz CT molecular complexity index is 787. The average molecular weight is 271 g/mol. The molecule has 2 N–H and O–H groups in total. The van der Waals surface area contributed by atoms with E-state index in [1.165, 1.54) is 27.8 Å². The SMILES string of the molecule is Cc1ccc(C2c3ccccc3-c3ccccc32)cc1N. The molecule has 1 nitrogen and oxygen atoms in total. The molecule has 0 saturated carbocycles. The number of hydrogen-bond acceptors (Lipinski definition) is 1. The van der Waals surface area contributed by atoms with Gasteiger partial charge in [0.15, 0.2) is 0 Å². The van der Waals surface area contributed by atoms with Crippen LogP contribution in [-0.4, -0.2) is 0 Å². The van der Waals surface area contributed by atoms with Crippen molar-refractivity contribution >= 4 is 5.69 Å². The molecule has 0 spiro atoms. The summed E-state index contributed by atoms with van der Waals surface area (Å²) >= 11 is 0. The lowest BCUT2D eigenvalue weighted by Gasteiger charge is -2.15. The number of nitrogen functional groups attached to an aromatic ring is 1. The first kappa shape index (κ1) is 12.2. The Balaban J connectivity index is 1.98. The smallest absolute Gasteiger partial charge is 0.0353 e. The highest BCUT2D eigenvalue weighted by molar-refractivity contribution is 5.80. The van der Waals surface area contributed by atoms with Crippen LogP contribution in [0, 0.1) is 6.92 Å². The Morgan fingerprint density at radius 1 is 0.762 bits per heavy atom. The van der Waals surface area contributed by atoms with Gasteiger partial charge < -0.3 is 5.73 Å². The first-order chi connectivity index (χ1) is 10.3. The first-order valence-electron chi connectivity index (χ1n) is 7.30. The fourth-order valence-corrected chi connectivity index (χ4v) is 3.35. The molecule has 1 heteroatoms. The number of aryl methyl sites for hydroxylation is 1. The third kappa shape index (κ3) is 1.78. The Morgan fingerprint density at radius 3 is 1.90 bits per heavy atom. The van der Waals surface area contributed by atoms with Gasteiger partial charge in [-0.15, -0.1) is 0 Å². The second kappa shape index (κ2) is 4.49. The van der Waals surface area contributed by atoms with Gasteiger partial charge in [-0.2, -0.15) is 0 Å². The summed E-state index contributed by atoms with van der Waals surface area (Å²) < 4.78 is 0. The summed E-state index contributed by atoms with van der Waals surface area (Å²) in [4.78, 5) is 0. The summed E-state index contributed by atoms with van der Waals surface area (Å²) in [5, 5.41) is 0. The van der Waals surface area contributed by atoms with E-state index in [0.29, 0.717) is 5.92 Å². The number of nitrogens with two attached hydrogens (primary N) is 1. The normalized spacial score (nSPS) is 13.0. The third-order valence-corrected chi connectivity index (χ3v) is 4.47. The molecule has 1 aliphatic rings. The van der Waals surface area contributed by atoms with Crippen molar-refractivity contribution in [2.75, 3.05) is 5.73 Å². The van der Waals surface area contributed by atoms with Crippen molar-refractivity contribution in [2.45, 2.75) is 12.8 Å². The van der Waals surface area contributed by atoms with Crippen LogP contribution in [0.2, 0.25) is 0 Å². The molecule has 1 aliphatic carbocycles. The molecule has 21 heavy (non-hydrogen) atoms. The Morgan fingerprint density at radius 2 is 1.33 bits per heavy atom. The van der Waals surface area contributed by atoms with Crippen LogP contribution < -0.4 is 5.73 Å². The van der Waals surface area contributed by atoms with Gasteiger partial charge in [0.2, 0.25) is 0 Å². The van der Waals surface area contributed by atoms with Crippen LogP contribution in [0.3, 0.4) is 0 Å². The fraction of sp³-hybridized carbons (Fsp3) is 0.100. The van der Waals surface area contributed by atoms with E-state index in [9.17, 15) is 0 Å². The molecule has 0 unspecified atom stereocenters. The Kier molecular flexibility index (Phi) is 2.61. The van der Waals surface area contributed by atoms with E-state index in [0.717, 1.165) is 11.3 Å². The number of anilines is 1. The topological polar surface area (TPSA) is 26.0 Å². The minimum absolute atomic E-state index is 0.292. The maximum atomic E-state index is 6.13. The van der Waals surface area contributed by atoms with Crippen LogP contribution >= 0.6 is 0 Å². The van der Waals surface area contributed by atoms with Crippen LogP contribution in [-0.2, 0) is 0 Å². The number of fused-ring (bicyclic) bond motifs is 3. The second-order valence-corrected chi connectivity index (χ2v) is 5.72. The molecule has 0 amide bonds. The average Bonchev–Trinajstić information content (AvgIpc) is 2.85. The van der Waals surface area contributed by atoms with Crippen molar-refractivity contribution in [3.63, 3.8) is 0 Å². The summed E-state index contributed by atoms with van der Waals surface area (Å²) in [5.74, 6) is 0.292. The predicted molar refractivity (Wildman–Crippen MR) is 88.4 cm³/mol. The highest BCUT2D eigenvalue weighted by atomic mass is 14.6. The summed E-state index contributed by atoms with van der Waals surface area (Å²) in [5.41, 5.74) is 14.9. The van der Waals surface area contributed by atoms with Crippen molar-refractivity contribution in [1.82, 2.24) is 0 Å². The van der Waals surface area contributed by atoms with Crippen molar-refractivity contribution in [3.05, 3.63) is 89.0 Å². The minimum Gasteiger partial charge on any atom is -0.399 e. The first-order valence-corrected chi connectivity index (χ1v) is 7.30. The van der Waals surface area contributed by atoms with Gasteiger partial charge in [0, 0.05) is 11.6 Å². The zero-order valence-corrected chi connectivity index (χ0v) is 12.0. The number of rotatable bonds is 1. The van der Waals surface area contributed by atoms with Crippen LogP contribution in [0.1, 0.15) is 28.2 Å². The van der Waals surface area contributed by atoms with Gasteiger partial charge in [-0.25, -0.2) is 0 Å². The number of hydrogen-bond donors (Lipinski definition) is 1. The monoisotopic (exact) mass is 271 g/mol. The van der Waals surface area contributed by atoms with E-state index >= 15 is 0 Å². The van der Waals surface area contributed by atoms with Gasteiger partial charge in [0.05, 0.1) is 0 Å². The van der Waals surface area contributed by atoms with Crippen LogP contribution in [0.4, 0.5) is 5.69 Å². The third-order valence-electron chi connectivity index (χ3n) is 4.47. The molecule has 0 saturated heterocycles. The van der Waals surface area contributed by atoms with Gasteiger partial charge in [-0.3, -0.25) is 0 Å². The lowest BCUT2D eigenvalue weighted by molar-refractivity contribution is 1.01. The van der Waals surface area contributed by atoms with Crippen LogP contribution in [0.25, 0.3) is 11.1 Å². The van der Waals surface area contributed by atoms with Crippen molar-refractivity contribution in [1.29, 1.82) is 0 Å². The maximum Gasteiger partial charge on any atom is 0.0353 e. The van der Waals surface area contributed by atoms with E-state index in [4.69, 9.17) is 5.73 Å². The minimum atomic E-state index is 0.292. The Labute approximate surface area is 125 Å². The summed E-state index contributed by atoms with van der Waals surface area (Å²) in [7, 11) is 0. The highest BCUT2D eigenvalue weighted by Gasteiger charge is 2.29. The fourth-order valence-electron chi connectivity index (χ4n) is 3.35. The van der Waals surface area contributed by atoms with Gasteiger partial charge in [0.25, 0.3) is 0 Å². The molecule has 0 atom stereocenters. The second-order valence-electron chi connectivity index (χ2n) is 5.72. The van der Waals surface area contributed by atoms with Crippen LogP contribution in [0.5, 0.6) is 0 Å². The summed E-state index contributed by atoms with van der Waals surface area (Å²) in [6, 6.07) is 23.8. The molecule has 0 bridgehead atoms. The molecule has 4 rings (SSSR count). The molecule has 3 aromatic carbocycles. The zero-order chi connectivity index (χ0) is 14.4. The molecule has 0 radical (unpaired) electrons. The lowest BCUT2D eigenvalue weighted by Crippen LogP contribution is -2.01. The maximum absolute atomic E-state index is 6.13. The lowest BCUT2D eigenvalue weighted by atomic mass is 9.88. The quantitative estimate of drug-likeness (QED) is 0.497. The van der Waals surface area contributed by atoms with E-state index < -0.39 is 0 Å². The number of benzene rings is 3. The van der Waals surface area contributed by atoms with Gasteiger partial charge in [-0.1, -0.05) is 60.7 Å². The van der Waals surface area contributed by atoms with E-state index in [1.54, 1.807) is 0 Å². The molecule has 0 aromatic heterocycles. The molecule has 102 valence electrons. The zero-order valence-electron chi connectivity index (χ0n) is 12.0. The van der Waals surface area contributed by atoms with E-state index in [-0.39, 0.29) is 0 Å². The predicted octanol–water partition coefficient (Wildman–Crippen LogP) is 4.74. The standard InChI is InChI=1S/C20H17N/c1-13-10-11-14(12-19(13)21)20-17-8-4-2-6-15(17)16-7-3-5-9-18(16)20/h2-12,20H,21H2,1H3. The van der Waals surface area contributed by atoms with Crippen molar-refractivity contribution < 1.29 is 0 Å². The molecule has 3 aromatic rings. The molecular formula is C20H17N. The van der Waals surface area contributed by atoms with Gasteiger partial charge in [0.1, 0.15) is 0 Å². The Hall–Kier alpha value is -2.54. The molecule has 0 heterocycles. The molecular weight excluding hydrogens is 254 g/mol. The van der Waals surface area contributed by atoms with E-state index in [2.05, 4.69) is 73.7 Å². The van der Waals surface area contributed by atoms with E-state index in [1.807, 2.05) is 0 Å². The van der Waals surface area contributed by atoms with Gasteiger partial charge in [-0.05, 0) is 46.4 Å². The van der Waals surface area contributed by atoms with Crippen molar-refractivity contribution in [2.24, 2.45) is 0 Å². The summed E-state index contributed by atoms with van der Waals surface area (Å²) in [6.07, 6.45) is 0. The molecule has 0 fully saturated rings. The largest absolute Gasteiger partial charge is 0.399 e.